The van der Waals surface area contributed by atoms with Crippen LogP contribution in [0.4, 0.5) is 5.82 Å². The third-order valence-electron chi connectivity index (χ3n) is 3.03. The second-order valence-electron chi connectivity index (χ2n) is 4.49. The molecule has 2 N–H and O–H groups in total. The van der Waals surface area contributed by atoms with Gasteiger partial charge in [0.2, 0.25) is 0 Å². The molecule has 1 heterocycles. The Balaban J connectivity index is 2.32. The van der Waals surface area contributed by atoms with Crippen molar-refractivity contribution in [1.82, 2.24) is 4.98 Å². The second-order valence-corrected chi connectivity index (χ2v) is 5.40. The molecule has 104 valence electrons. The highest BCUT2D eigenvalue weighted by atomic mass is 32.2. The van der Waals surface area contributed by atoms with Crippen LogP contribution < -0.4 is 5.32 Å². The first-order valence-corrected chi connectivity index (χ1v) is 7.84. The summed E-state index contributed by atoms with van der Waals surface area (Å²) in [5.74, 6) is 1.57. The summed E-state index contributed by atoms with van der Waals surface area (Å²) in [6.45, 7) is 0.136. The van der Waals surface area contributed by atoms with Gasteiger partial charge in [0.1, 0.15) is 5.82 Å². The number of nitrogens with one attached hydrogen (secondary N) is 1. The Kier molecular flexibility index (Phi) is 5.22. The minimum absolute atomic E-state index is 0.136. The number of rotatable bonds is 6. The standard InChI is InChI=1S/C15H17N3OS/c1-20-10-12(6-7-19)17-15-8-11(9-16)13-4-2-3-5-14(13)18-15/h2-5,8,12,19H,6-7,10H2,1H3,(H,17,18). The van der Waals surface area contributed by atoms with Crippen molar-refractivity contribution in [1.29, 1.82) is 5.26 Å². The van der Waals surface area contributed by atoms with Crippen LogP contribution in [0.15, 0.2) is 30.3 Å². The van der Waals surface area contributed by atoms with Gasteiger partial charge in [-0.25, -0.2) is 4.98 Å². The van der Waals surface area contributed by atoms with Crippen LogP contribution in [0.5, 0.6) is 0 Å². The molecule has 0 aliphatic carbocycles. The summed E-state index contributed by atoms with van der Waals surface area (Å²) in [6.07, 6.45) is 2.69. The Bertz CT molecular complexity index is 618. The van der Waals surface area contributed by atoms with Gasteiger partial charge in [-0.1, -0.05) is 18.2 Å². The van der Waals surface area contributed by atoms with Crippen molar-refractivity contribution in [2.75, 3.05) is 23.9 Å². The summed E-state index contributed by atoms with van der Waals surface area (Å²) in [6, 6.07) is 11.7. The molecule has 20 heavy (non-hydrogen) atoms. The van der Waals surface area contributed by atoms with E-state index in [-0.39, 0.29) is 12.6 Å². The number of nitriles is 1. The summed E-state index contributed by atoms with van der Waals surface area (Å²) in [4.78, 5) is 4.54. The Morgan fingerprint density at radius 2 is 2.25 bits per heavy atom. The predicted molar refractivity (Wildman–Crippen MR) is 84.0 cm³/mol. The van der Waals surface area contributed by atoms with Gasteiger partial charge >= 0.3 is 0 Å². The molecular weight excluding hydrogens is 270 g/mol. The number of aromatic nitrogens is 1. The molecule has 0 amide bonds. The van der Waals surface area contributed by atoms with Gasteiger partial charge < -0.3 is 10.4 Å². The van der Waals surface area contributed by atoms with Crippen molar-refractivity contribution in [2.24, 2.45) is 0 Å². The van der Waals surface area contributed by atoms with E-state index in [1.807, 2.05) is 30.5 Å². The van der Waals surface area contributed by atoms with Crippen LogP contribution in [-0.4, -0.2) is 34.7 Å². The van der Waals surface area contributed by atoms with Gasteiger partial charge in [0.05, 0.1) is 17.1 Å². The molecule has 0 saturated heterocycles. The molecule has 0 aliphatic heterocycles. The highest BCUT2D eigenvalue weighted by Crippen LogP contribution is 2.21. The van der Waals surface area contributed by atoms with E-state index in [9.17, 15) is 5.26 Å². The van der Waals surface area contributed by atoms with E-state index < -0.39 is 0 Å². The normalized spacial score (nSPS) is 12.1. The van der Waals surface area contributed by atoms with Gasteiger partial charge in [-0.15, -0.1) is 0 Å². The zero-order valence-corrected chi connectivity index (χ0v) is 12.2. The number of hydrogen-bond acceptors (Lipinski definition) is 5. The van der Waals surface area contributed by atoms with E-state index in [4.69, 9.17) is 5.11 Å². The zero-order valence-electron chi connectivity index (χ0n) is 11.3. The number of fused-ring (bicyclic) bond motifs is 1. The largest absolute Gasteiger partial charge is 0.396 e. The minimum atomic E-state index is 0.136. The van der Waals surface area contributed by atoms with Crippen LogP contribution in [0.25, 0.3) is 10.9 Å². The van der Waals surface area contributed by atoms with Crippen LogP contribution >= 0.6 is 11.8 Å². The molecule has 1 aromatic heterocycles. The van der Waals surface area contributed by atoms with Gasteiger partial charge in [-0.3, -0.25) is 0 Å². The van der Waals surface area contributed by atoms with Gasteiger partial charge in [0, 0.05) is 23.8 Å². The Morgan fingerprint density at radius 1 is 1.45 bits per heavy atom. The number of hydrogen-bond donors (Lipinski definition) is 2. The maximum Gasteiger partial charge on any atom is 0.128 e. The molecule has 4 nitrogen and oxygen atoms in total. The Hall–Kier alpha value is -1.77. The molecule has 2 rings (SSSR count). The van der Waals surface area contributed by atoms with Gasteiger partial charge in [-0.05, 0) is 24.8 Å². The highest BCUT2D eigenvalue weighted by Gasteiger charge is 2.10. The van der Waals surface area contributed by atoms with Crippen molar-refractivity contribution in [3.63, 3.8) is 0 Å². The average Bonchev–Trinajstić information content (AvgIpc) is 2.47. The maximum absolute atomic E-state index is 9.25. The summed E-state index contributed by atoms with van der Waals surface area (Å²) in [5, 5.41) is 22.5. The SMILES string of the molecule is CSCC(CCO)Nc1cc(C#N)c2ccccc2n1. The van der Waals surface area contributed by atoms with E-state index in [0.717, 1.165) is 16.7 Å². The molecular formula is C15H17N3OS. The molecule has 0 fully saturated rings. The average molecular weight is 287 g/mol. The fourth-order valence-electron chi connectivity index (χ4n) is 2.11. The van der Waals surface area contributed by atoms with E-state index >= 15 is 0 Å². The lowest BCUT2D eigenvalue weighted by atomic mass is 10.1. The summed E-state index contributed by atoms with van der Waals surface area (Å²) in [7, 11) is 0. The Morgan fingerprint density at radius 3 is 2.95 bits per heavy atom. The number of anilines is 1. The lowest BCUT2D eigenvalue weighted by Gasteiger charge is -2.17. The zero-order chi connectivity index (χ0) is 14.4. The summed E-state index contributed by atoms with van der Waals surface area (Å²) < 4.78 is 0. The van der Waals surface area contributed by atoms with Crippen molar-refractivity contribution < 1.29 is 5.11 Å². The molecule has 0 bridgehead atoms. The van der Waals surface area contributed by atoms with E-state index in [2.05, 4.69) is 16.4 Å². The molecule has 0 spiro atoms. The van der Waals surface area contributed by atoms with Crippen molar-refractivity contribution in [2.45, 2.75) is 12.5 Å². The first-order valence-electron chi connectivity index (χ1n) is 6.44. The smallest absolute Gasteiger partial charge is 0.128 e. The van der Waals surface area contributed by atoms with Crippen molar-refractivity contribution >= 4 is 28.5 Å². The molecule has 0 saturated carbocycles. The Labute approximate surface area is 122 Å². The lowest BCUT2D eigenvalue weighted by Crippen LogP contribution is -2.24. The quantitative estimate of drug-likeness (QED) is 0.854. The lowest BCUT2D eigenvalue weighted by molar-refractivity contribution is 0.282. The third kappa shape index (κ3) is 3.41. The number of para-hydroxylation sites is 1. The summed E-state index contributed by atoms with van der Waals surface area (Å²) >= 11 is 1.72. The van der Waals surface area contributed by atoms with Gasteiger partial charge in [-0.2, -0.15) is 17.0 Å². The predicted octanol–water partition coefficient (Wildman–Crippen LogP) is 2.63. The molecule has 0 aliphatic rings. The summed E-state index contributed by atoms with van der Waals surface area (Å²) in [5.41, 5.74) is 1.42. The van der Waals surface area contributed by atoms with Crippen LogP contribution in [0, 0.1) is 11.3 Å². The van der Waals surface area contributed by atoms with E-state index in [1.54, 1.807) is 17.8 Å². The van der Waals surface area contributed by atoms with Crippen molar-refractivity contribution in [3.8, 4) is 6.07 Å². The topological polar surface area (TPSA) is 68.9 Å². The van der Waals surface area contributed by atoms with Crippen LogP contribution in [-0.2, 0) is 0 Å². The minimum Gasteiger partial charge on any atom is -0.396 e. The van der Waals surface area contributed by atoms with Gasteiger partial charge in [0.25, 0.3) is 0 Å². The molecule has 1 atom stereocenters. The molecule has 2 aromatic rings. The van der Waals surface area contributed by atoms with Crippen LogP contribution in [0.3, 0.4) is 0 Å². The molecule has 1 aromatic carbocycles. The third-order valence-corrected chi connectivity index (χ3v) is 3.77. The number of benzene rings is 1. The fraction of sp³-hybridized carbons (Fsp3) is 0.333. The number of pyridine rings is 1. The number of aliphatic hydroxyl groups excluding tert-OH is 1. The van der Waals surface area contributed by atoms with Crippen LogP contribution in [0.2, 0.25) is 0 Å². The molecule has 0 radical (unpaired) electrons. The van der Waals surface area contributed by atoms with E-state index in [0.29, 0.717) is 17.8 Å². The van der Waals surface area contributed by atoms with Crippen molar-refractivity contribution in [3.05, 3.63) is 35.9 Å². The number of nitrogens with zero attached hydrogens (tertiary/aromatic N) is 2. The highest BCUT2D eigenvalue weighted by molar-refractivity contribution is 7.98. The monoisotopic (exact) mass is 287 g/mol. The fourth-order valence-corrected chi connectivity index (χ4v) is 2.76. The first kappa shape index (κ1) is 14.6. The maximum atomic E-state index is 9.25. The molecule has 5 heteroatoms. The first-order chi connectivity index (χ1) is 9.78. The van der Waals surface area contributed by atoms with Gasteiger partial charge in [0.15, 0.2) is 0 Å². The van der Waals surface area contributed by atoms with Crippen LogP contribution in [0.1, 0.15) is 12.0 Å². The number of aliphatic hydroxyl groups is 1. The second kappa shape index (κ2) is 7.13. The number of thioether (sulfide) groups is 1. The molecule has 1 unspecified atom stereocenters. The van der Waals surface area contributed by atoms with E-state index in [1.165, 1.54) is 0 Å².